The summed E-state index contributed by atoms with van der Waals surface area (Å²) in [6, 6.07) is 12.3. The molecule has 3 aromatic rings. The molecule has 26 heavy (non-hydrogen) atoms. The number of benzene rings is 2. The van der Waals surface area contributed by atoms with Gasteiger partial charge < -0.3 is 9.46 Å². The fourth-order valence-electron chi connectivity index (χ4n) is 1.94. The Morgan fingerprint density at radius 3 is 2.65 bits per heavy atom. The molecule has 132 valence electrons. The maximum atomic E-state index is 13.9. The van der Waals surface area contributed by atoms with Crippen molar-refractivity contribution in [3.63, 3.8) is 0 Å². The lowest BCUT2D eigenvalue weighted by Crippen LogP contribution is -2.03. The fraction of sp³-hybridized carbons (Fsp3) is 0.0588. The van der Waals surface area contributed by atoms with Crippen LogP contribution in [0, 0.1) is 16.5 Å². The Balaban J connectivity index is 1.67. The predicted molar refractivity (Wildman–Crippen MR) is 94.1 cm³/mol. The zero-order valence-electron chi connectivity index (χ0n) is 13.2. The Morgan fingerprint density at radius 1 is 1.12 bits per heavy atom. The van der Waals surface area contributed by atoms with E-state index in [0.29, 0.717) is 10.5 Å². The van der Waals surface area contributed by atoms with Crippen molar-refractivity contribution in [3.05, 3.63) is 76.8 Å². The predicted octanol–water partition coefficient (Wildman–Crippen LogP) is 4.85. The summed E-state index contributed by atoms with van der Waals surface area (Å²) < 4.78 is 34.9. The molecule has 9 heteroatoms. The fourth-order valence-corrected chi connectivity index (χ4v) is 2.65. The zero-order chi connectivity index (χ0) is 18.4. The number of hydrogen-bond donors (Lipinski definition) is 1. The Labute approximate surface area is 151 Å². The summed E-state index contributed by atoms with van der Waals surface area (Å²) in [7, 11) is 0. The lowest BCUT2D eigenvalue weighted by Gasteiger charge is -2.09. The molecule has 0 bridgehead atoms. The van der Waals surface area contributed by atoms with Crippen LogP contribution in [0.3, 0.4) is 0 Å². The number of nitrogens with zero attached hydrogens (tertiary/aromatic N) is 3. The largest absolute Gasteiger partial charge is 0.459 e. The van der Waals surface area contributed by atoms with Crippen LogP contribution in [-0.2, 0) is 6.61 Å². The summed E-state index contributed by atoms with van der Waals surface area (Å²) in [6.07, 6.45) is 0.972. The molecule has 1 heterocycles. The topological polar surface area (TPSA) is 76.5 Å². The summed E-state index contributed by atoms with van der Waals surface area (Å²) in [4.78, 5) is 19.0. The van der Waals surface area contributed by atoms with Gasteiger partial charge >= 0.3 is 6.01 Å². The SMILES string of the molecule is O=Nc1ccccc1SNc1nc(OCc2ccc(F)cc2)ncc1F. The minimum absolute atomic E-state index is 0.0411. The highest BCUT2D eigenvalue weighted by Crippen LogP contribution is 2.30. The van der Waals surface area contributed by atoms with Gasteiger partial charge in [-0.05, 0) is 47.0 Å². The molecule has 0 saturated carbocycles. The summed E-state index contributed by atoms with van der Waals surface area (Å²) in [5.41, 5.74) is 0.946. The van der Waals surface area contributed by atoms with Crippen LogP contribution >= 0.6 is 11.9 Å². The van der Waals surface area contributed by atoms with Gasteiger partial charge in [0.1, 0.15) is 18.1 Å². The normalized spacial score (nSPS) is 10.4. The molecular formula is C17H12F2N4O2S. The number of hydrogen-bond acceptors (Lipinski definition) is 7. The molecule has 6 nitrogen and oxygen atoms in total. The third-order valence-electron chi connectivity index (χ3n) is 3.22. The number of nitrogens with one attached hydrogen (secondary N) is 1. The lowest BCUT2D eigenvalue weighted by molar-refractivity contribution is 0.280. The average Bonchev–Trinajstić information content (AvgIpc) is 2.67. The first-order valence-corrected chi connectivity index (χ1v) is 8.22. The number of aromatic nitrogens is 2. The molecule has 0 aliphatic heterocycles. The van der Waals surface area contributed by atoms with Crippen LogP contribution in [0.4, 0.5) is 20.3 Å². The number of nitroso groups, excluding NO2 is 1. The molecule has 1 N–H and O–H groups in total. The van der Waals surface area contributed by atoms with Crippen LogP contribution < -0.4 is 9.46 Å². The number of anilines is 1. The maximum absolute atomic E-state index is 13.9. The van der Waals surface area contributed by atoms with Gasteiger partial charge in [-0.3, -0.25) is 0 Å². The monoisotopic (exact) mass is 374 g/mol. The molecule has 1 aromatic heterocycles. The van der Waals surface area contributed by atoms with Crippen molar-refractivity contribution in [1.29, 1.82) is 0 Å². The molecule has 0 radical (unpaired) electrons. The van der Waals surface area contributed by atoms with E-state index in [1.807, 2.05) is 0 Å². The van der Waals surface area contributed by atoms with Crippen LogP contribution in [-0.4, -0.2) is 9.97 Å². The average molecular weight is 374 g/mol. The minimum Gasteiger partial charge on any atom is -0.459 e. The van der Waals surface area contributed by atoms with Crippen LogP contribution in [0.5, 0.6) is 6.01 Å². The highest BCUT2D eigenvalue weighted by molar-refractivity contribution is 8.00. The van der Waals surface area contributed by atoms with Gasteiger partial charge in [-0.1, -0.05) is 24.3 Å². The second-order valence-corrected chi connectivity index (χ2v) is 5.88. The van der Waals surface area contributed by atoms with Gasteiger partial charge in [-0.25, -0.2) is 13.8 Å². The lowest BCUT2D eigenvalue weighted by atomic mass is 10.2. The van der Waals surface area contributed by atoms with Crippen LogP contribution in [0.2, 0.25) is 0 Å². The molecule has 0 saturated heterocycles. The van der Waals surface area contributed by atoms with Crippen LogP contribution in [0.1, 0.15) is 5.56 Å². The molecule has 0 aliphatic carbocycles. The highest BCUT2D eigenvalue weighted by Gasteiger charge is 2.10. The van der Waals surface area contributed by atoms with Crippen molar-refractivity contribution in [2.24, 2.45) is 5.18 Å². The Kier molecular flexibility index (Phi) is 5.69. The van der Waals surface area contributed by atoms with E-state index in [4.69, 9.17) is 4.74 Å². The van der Waals surface area contributed by atoms with Gasteiger partial charge in [0.25, 0.3) is 0 Å². The van der Waals surface area contributed by atoms with Crippen molar-refractivity contribution in [2.75, 3.05) is 4.72 Å². The van der Waals surface area contributed by atoms with Crippen molar-refractivity contribution in [1.82, 2.24) is 9.97 Å². The van der Waals surface area contributed by atoms with Crippen molar-refractivity contribution in [2.45, 2.75) is 11.5 Å². The summed E-state index contributed by atoms with van der Waals surface area (Å²) in [5.74, 6) is -1.12. The Bertz CT molecular complexity index is 910. The second kappa shape index (κ2) is 8.34. The van der Waals surface area contributed by atoms with Gasteiger partial charge in [-0.15, -0.1) is 4.91 Å². The molecule has 2 aromatic carbocycles. The minimum atomic E-state index is -0.678. The van der Waals surface area contributed by atoms with Gasteiger partial charge in [0.15, 0.2) is 11.6 Å². The second-order valence-electron chi connectivity index (χ2n) is 5.03. The molecule has 0 aliphatic rings. The molecule has 3 rings (SSSR count). The highest BCUT2D eigenvalue weighted by atomic mass is 32.2. The van der Waals surface area contributed by atoms with Crippen molar-refractivity contribution < 1.29 is 13.5 Å². The van der Waals surface area contributed by atoms with Crippen LogP contribution in [0.15, 0.2) is 64.8 Å². The molecule has 0 atom stereocenters. The zero-order valence-corrected chi connectivity index (χ0v) is 14.0. The smallest absolute Gasteiger partial charge is 0.318 e. The number of ether oxygens (including phenoxy) is 1. The number of rotatable bonds is 7. The quantitative estimate of drug-likeness (QED) is 0.471. The molecule has 0 amide bonds. The van der Waals surface area contributed by atoms with E-state index in [-0.39, 0.29) is 29.9 Å². The van der Waals surface area contributed by atoms with E-state index in [2.05, 4.69) is 19.9 Å². The van der Waals surface area contributed by atoms with E-state index >= 15 is 0 Å². The first kappa shape index (κ1) is 17.7. The Hall–Kier alpha value is -3.07. The van der Waals surface area contributed by atoms with Crippen molar-refractivity contribution in [3.8, 4) is 6.01 Å². The standard InChI is InChI=1S/C17H12F2N4O2S/c18-12-7-5-11(6-8-12)10-25-17-20-9-13(19)16(21-17)23-26-15-4-2-1-3-14(15)22-24/h1-9H,10H2,(H,20,21,23). The Morgan fingerprint density at radius 2 is 1.88 bits per heavy atom. The van der Waals surface area contributed by atoms with E-state index in [1.54, 1.807) is 36.4 Å². The van der Waals surface area contributed by atoms with E-state index in [9.17, 15) is 13.7 Å². The van der Waals surface area contributed by atoms with Gasteiger partial charge in [0.2, 0.25) is 0 Å². The molecule has 0 fully saturated rings. The van der Waals surface area contributed by atoms with Crippen LogP contribution in [0.25, 0.3) is 0 Å². The third-order valence-corrected chi connectivity index (χ3v) is 4.09. The third kappa shape index (κ3) is 4.51. The summed E-state index contributed by atoms with van der Waals surface area (Å²) in [5, 5.41) is 2.90. The van der Waals surface area contributed by atoms with Gasteiger partial charge in [-0.2, -0.15) is 4.98 Å². The molecule has 0 unspecified atom stereocenters. The summed E-state index contributed by atoms with van der Waals surface area (Å²) >= 11 is 0.992. The first-order valence-electron chi connectivity index (χ1n) is 7.41. The van der Waals surface area contributed by atoms with E-state index < -0.39 is 5.82 Å². The van der Waals surface area contributed by atoms with Crippen molar-refractivity contribution >= 4 is 23.5 Å². The number of halogens is 2. The molecule has 0 spiro atoms. The molecular weight excluding hydrogens is 362 g/mol. The van der Waals surface area contributed by atoms with Gasteiger partial charge in [0.05, 0.1) is 11.1 Å². The maximum Gasteiger partial charge on any atom is 0.318 e. The first-order chi connectivity index (χ1) is 12.7. The van der Waals surface area contributed by atoms with Gasteiger partial charge in [0, 0.05) is 0 Å². The summed E-state index contributed by atoms with van der Waals surface area (Å²) in [6.45, 7) is 0.108. The van der Waals surface area contributed by atoms with E-state index in [1.165, 1.54) is 12.1 Å². The van der Waals surface area contributed by atoms with E-state index in [0.717, 1.165) is 18.1 Å².